The molecule has 2 heterocycles. The smallest absolute Gasteiger partial charge is 0.342 e. The number of carbonyl (C=O) groups excluding carboxylic acids is 1. The van der Waals surface area contributed by atoms with Gasteiger partial charge in [-0.15, -0.1) is 0 Å². The molecule has 0 aliphatic carbocycles. The van der Waals surface area contributed by atoms with Crippen molar-refractivity contribution in [3.8, 4) is 5.75 Å². The highest BCUT2D eigenvalue weighted by Gasteiger charge is 2.40. The number of rotatable bonds is 2. The number of nitrogens with zero attached hydrogens (tertiary/aromatic N) is 1. The van der Waals surface area contributed by atoms with E-state index >= 15 is 0 Å². The summed E-state index contributed by atoms with van der Waals surface area (Å²) in [6.45, 7) is 0. The lowest BCUT2D eigenvalue weighted by Crippen LogP contribution is -2.43. The first-order valence-electron chi connectivity index (χ1n) is 6.86. The van der Waals surface area contributed by atoms with Crippen molar-refractivity contribution in [3.63, 3.8) is 0 Å². The second kappa shape index (κ2) is 4.85. The summed E-state index contributed by atoms with van der Waals surface area (Å²) in [6, 6.07) is 7.62. The lowest BCUT2D eigenvalue weighted by molar-refractivity contribution is -0.000663. The van der Waals surface area contributed by atoms with Crippen LogP contribution in [0.4, 0.5) is 0 Å². The molecule has 4 nitrogen and oxygen atoms in total. The Balaban J connectivity index is 1.67. The van der Waals surface area contributed by atoms with Crippen LogP contribution < -0.4 is 0 Å². The van der Waals surface area contributed by atoms with Crippen LogP contribution >= 0.6 is 0 Å². The van der Waals surface area contributed by atoms with Crippen molar-refractivity contribution in [2.24, 2.45) is 0 Å². The largest absolute Gasteiger partial charge is 0.507 e. The van der Waals surface area contributed by atoms with E-state index in [9.17, 15) is 9.90 Å². The molecule has 3 atom stereocenters. The van der Waals surface area contributed by atoms with Crippen LogP contribution in [0.3, 0.4) is 0 Å². The first kappa shape index (κ1) is 12.5. The van der Waals surface area contributed by atoms with E-state index in [2.05, 4.69) is 11.9 Å². The summed E-state index contributed by atoms with van der Waals surface area (Å²) < 4.78 is 5.56. The third-order valence-corrected chi connectivity index (χ3v) is 4.45. The summed E-state index contributed by atoms with van der Waals surface area (Å²) in [4.78, 5) is 14.5. The maximum Gasteiger partial charge on any atom is 0.342 e. The molecule has 1 unspecified atom stereocenters. The number of hydrogen-bond donors (Lipinski definition) is 1. The zero-order chi connectivity index (χ0) is 13.4. The number of ether oxygens (including phenoxy) is 1. The van der Waals surface area contributed by atoms with Gasteiger partial charge in [-0.05, 0) is 32.0 Å². The maximum absolute atomic E-state index is 12.1. The Morgan fingerprint density at radius 2 is 1.89 bits per heavy atom. The molecule has 2 aliphatic rings. The summed E-state index contributed by atoms with van der Waals surface area (Å²) in [7, 11) is 2.16. The lowest BCUT2D eigenvalue weighted by Gasteiger charge is -2.35. The molecule has 1 N–H and O–H groups in total. The number of hydrogen-bond acceptors (Lipinski definition) is 4. The van der Waals surface area contributed by atoms with E-state index < -0.39 is 5.97 Å². The van der Waals surface area contributed by atoms with Crippen LogP contribution in [0.5, 0.6) is 5.75 Å². The molecule has 2 saturated heterocycles. The molecule has 102 valence electrons. The molecular formula is C15H19NO3. The number of phenolic OH excluding ortho intramolecular Hbond substituents is 1. The molecule has 2 fully saturated rings. The zero-order valence-corrected chi connectivity index (χ0v) is 11.1. The van der Waals surface area contributed by atoms with Gasteiger partial charge < -0.3 is 14.7 Å². The molecule has 3 rings (SSSR count). The number of carbonyl (C=O) groups is 1. The predicted molar refractivity (Wildman–Crippen MR) is 71.1 cm³/mol. The van der Waals surface area contributed by atoms with Gasteiger partial charge in [-0.2, -0.15) is 0 Å². The third kappa shape index (κ3) is 2.32. The minimum atomic E-state index is -0.410. The Labute approximate surface area is 113 Å². The van der Waals surface area contributed by atoms with E-state index in [1.165, 1.54) is 18.9 Å². The Kier molecular flexibility index (Phi) is 3.19. The van der Waals surface area contributed by atoms with Gasteiger partial charge in [-0.1, -0.05) is 12.1 Å². The molecule has 4 heteroatoms. The SMILES string of the molecule is CN1[C@@H]2CC[C@H]1CC(OC(=O)c1ccccc1O)C2. The van der Waals surface area contributed by atoms with Gasteiger partial charge in [-0.25, -0.2) is 4.79 Å². The van der Waals surface area contributed by atoms with Crippen LogP contribution in [0.25, 0.3) is 0 Å². The number of benzene rings is 1. The van der Waals surface area contributed by atoms with Gasteiger partial charge in [0.25, 0.3) is 0 Å². The summed E-state index contributed by atoms with van der Waals surface area (Å²) in [6.07, 6.45) is 4.21. The van der Waals surface area contributed by atoms with Gasteiger partial charge >= 0.3 is 5.97 Å². The van der Waals surface area contributed by atoms with Gasteiger partial charge in [0, 0.05) is 24.9 Å². The molecule has 0 amide bonds. The Bertz CT molecular complexity index is 474. The number of aromatic hydroxyl groups is 1. The van der Waals surface area contributed by atoms with Crippen molar-refractivity contribution in [3.05, 3.63) is 29.8 Å². The molecule has 0 saturated carbocycles. The molecule has 0 aromatic heterocycles. The predicted octanol–water partition coefficient (Wildman–Crippen LogP) is 2.17. The fourth-order valence-electron chi connectivity index (χ4n) is 3.32. The van der Waals surface area contributed by atoms with Crippen LogP contribution in [-0.2, 0) is 4.74 Å². The quantitative estimate of drug-likeness (QED) is 0.829. The Morgan fingerprint density at radius 1 is 1.26 bits per heavy atom. The van der Waals surface area contributed by atoms with Crippen molar-refractivity contribution in [1.29, 1.82) is 0 Å². The van der Waals surface area contributed by atoms with Crippen LogP contribution in [-0.4, -0.2) is 41.2 Å². The van der Waals surface area contributed by atoms with Gasteiger partial charge in [0.15, 0.2) is 0 Å². The van der Waals surface area contributed by atoms with E-state index in [0.29, 0.717) is 12.1 Å². The summed E-state index contributed by atoms with van der Waals surface area (Å²) >= 11 is 0. The second-order valence-electron chi connectivity index (χ2n) is 5.57. The summed E-state index contributed by atoms with van der Waals surface area (Å²) in [5.41, 5.74) is 0.258. The van der Waals surface area contributed by atoms with Crippen molar-refractivity contribution in [1.82, 2.24) is 4.90 Å². The maximum atomic E-state index is 12.1. The van der Waals surface area contributed by atoms with E-state index in [-0.39, 0.29) is 17.4 Å². The van der Waals surface area contributed by atoms with Crippen molar-refractivity contribution in [2.75, 3.05) is 7.05 Å². The summed E-state index contributed by atoms with van der Waals surface area (Å²) in [5, 5.41) is 9.66. The third-order valence-electron chi connectivity index (χ3n) is 4.45. The van der Waals surface area contributed by atoms with Gasteiger partial charge in [0.1, 0.15) is 17.4 Å². The average molecular weight is 261 g/mol. The first-order valence-corrected chi connectivity index (χ1v) is 6.86. The molecule has 1 aromatic carbocycles. The fraction of sp³-hybridized carbons (Fsp3) is 0.533. The number of fused-ring (bicyclic) bond motifs is 2. The summed E-state index contributed by atoms with van der Waals surface area (Å²) in [5.74, 6) is -0.421. The van der Waals surface area contributed by atoms with Crippen LogP contribution in [0.15, 0.2) is 24.3 Å². The highest BCUT2D eigenvalue weighted by molar-refractivity contribution is 5.92. The molecule has 2 aliphatic heterocycles. The Hall–Kier alpha value is -1.55. The number of esters is 1. The normalized spacial score (nSPS) is 30.3. The lowest BCUT2D eigenvalue weighted by atomic mass is 10.0. The van der Waals surface area contributed by atoms with Crippen LogP contribution in [0.2, 0.25) is 0 Å². The Morgan fingerprint density at radius 3 is 2.53 bits per heavy atom. The van der Waals surface area contributed by atoms with E-state index in [1.807, 2.05) is 0 Å². The highest BCUT2D eigenvalue weighted by atomic mass is 16.5. The van der Waals surface area contributed by atoms with Crippen molar-refractivity contribution < 1.29 is 14.6 Å². The standard InChI is InChI=1S/C15H19NO3/c1-16-10-6-7-11(16)9-12(8-10)19-15(18)13-4-2-3-5-14(13)17/h2-5,10-12,17H,6-9H2,1H3/t10-,11+,12?. The van der Waals surface area contributed by atoms with Crippen LogP contribution in [0, 0.1) is 0 Å². The van der Waals surface area contributed by atoms with E-state index in [1.54, 1.807) is 18.2 Å². The van der Waals surface area contributed by atoms with E-state index in [0.717, 1.165) is 12.8 Å². The van der Waals surface area contributed by atoms with Gasteiger partial charge in [-0.3, -0.25) is 0 Å². The number of para-hydroxylation sites is 1. The molecule has 19 heavy (non-hydrogen) atoms. The molecule has 2 bridgehead atoms. The van der Waals surface area contributed by atoms with Gasteiger partial charge in [0.05, 0.1) is 0 Å². The average Bonchev–Trinajstić information content (AvgIpc) is 2.63. The highest BCUT2D eigenvalue weighted by Crippen LogP contribution is 2.35. The van der Waals surface area contributed by atoms with Crippen LogP contribution in [0.1, 0.15) is 36.0 Å². The number of phenols is 1. The molecule has 1 aromatic rings. The fourth-order valence-corrected chi connectivity index (χ4v) is 3.32. The molecule has 0 spiro atoms. The minimum Gasteiger partial charge on any atom is -0.507 e. The van der Waals surface area contributed by atoms with Gasteiger partial charge in [0.2, 0.25) is 0 Å². The van der Waals surface area contributed by atoms with Crippen molar-refractivity contribution in [2.45, 2.75) is 43.9 Å². The second-order valence-corrected chi connectivity index (χ2v) is 5.57. The van der Waals surface area contributed by atoms with Crippen molar-refractivity contribution >= 4 is 5.97 Å². The number of piperidine rings is 1. The minimum absolute atomic E-state index is 0.0107. The molecular weight excluding hydrogens is 242 g/mol. The zero-order valence-electron chi connectivity index (χ0n) is 11.1. The first-order chi connectivity index (χ1) is 9.15. The van der Waals surface area contributed by atoms with E-state index in [4.69, 9.17) is 4.74 Å². The monoisotopic (exact) mass is 261 g/mol. The topological polar surface area (TPSA) is 49.8 Å². The molecule has 0 radical (unpaired) electrons.